The van der Waals surface area contributed by atoms with Crippen LogP contribution < -0.4 is 5.32 Å². The van der Waals surface area contributed by atoms with Crippen LogP contribution in [0.25, 0.3) is 0 Å². The maximum atomic E-state index is 12.0. The summed E-state index contributed by atoms with van der Waals surface area (Å²) in [6.07, 6.45) is 0.436. The van der Waals surface area contributed by atoms with Crippen LogP contribution >= 0.6 is 15.9 Å². The second kappa shape index (κ2) is 5.74. The molecule has 1 fully saturated rings. The Kier molecular flexibility index (Phi) is 4.24. The molecule has 0 unspecified atom stereocenters. The lowest BCUT2D eigenvalue weighted by molar-refractivity contribution is -0.119. The van der Waals surface area contributed by atoms with Gasteiger partial charge in [0.1, 0.15) is 0 Å². The molecule has 1 aromatic carbocycles. The number of halogens is 1. The molecule has 1 aliphatic heterocycles. The van der Waals surface area contributed by atoms with Crippen LogP contribution in [0.3, 0.4) is 0 Å². The van der Waals surface area contributed by atoms with Gasteiger partial charge >= 0.3 is 5.97 Å². The van der Waals surface area contributed by atoms with Crippen LogP contribution in [0.5, 0.6) is 0 Å². The molecule has 5 heteroatoms. The van der Waals surface area contributed by atoms with Crippen LogP contribution in [0.2, 0.25) is 0 Å². The summed E-state index contributed by atoms with van der Waals surface area (Å²) < 4.78 is 6.27. The van der Waals surface area contributed by atoms with Crippen molar-refractivity contribution in [2.45, 2.75) is 20.3 Å². The molecule has 0 aromatic heterocycles. The van der Waals surface area contributed by atoms with Gasteiger partial charge in [-0.1, -0.05) is 15.9 Å². The fourth-order valence-corrected chi connectivity index (χ4v) is 2.51. The Morgan fingerprint density at radius 1 is 1.42 bits per heavy atom. The van der Waals surface area contributed by atoms with Crippen molar-refractivity contribution in [1.82, 2.24) is 5.32 Å². The summed E-state index contributed by atoms with van der Waals surface area (Å²) in [6, 6.07) is 3.73. The minimum atomic E-state index is -0.326. The molecule has 1 N–H and O–H groups in total. The summed E-state index contributed by atoms with van der Waals surface area (Å²) in [5, 5.41) is 2.72. The summed E-state index contributed by atoms with van der Waals surface area (Å²) in [5.74, 6) is -0.211. The van der Waals surface area contributed by atoms with Crippen molar-refractivity contribution in [3.63, 3.8) is 0 Å². The lowest BCUT2D eigenvalue weighted by Crippen LogP contribution is -2.18. The van der Waals surface area contributed by atoms with E-state index < -0.39 is 0 Å². The smallest absolute Gasteiger partial charge is 0.338 e. The molecule has 102 valence electrons. The van der Waals surface area contributed by atoms with Crippen molar-refractivity contribution in [3.05, 3.63) is 33.3 Å². The van der Waals surface area contributed by atoms with Crippen molar-refractivity contribution in [2.24, 2.45) is 5.92 Å². The molecule has 0 saturated carbocycles. The highest BCUT2D eigenvalue weighted by Gasteiger charge is 2.23. The van der Waals surface area contributed by atoms with Crippen molar-refractivity contribution >= 4 is 27.8 Å². The number of esters is 1. The van der Waals surface area contributed by atoms with E-state index in [0.717, 1.165) is 15.6 Å². The molecule has 2 rings (SSSR count). The minimum Gasteiger partial charge on any atom is -0.462 e. The maximum Gasteiger partial charge on any atom is 0.338 e. The topological polar surface area (TPSA) is 55.4 Å². The van der Waals surface area contributed by atoms with E-state index in [-0.39, 0.29) is 24.4 Å². The van der Waals surface area contributed by atoms with E-state index >= 15 is 0 Å². The van der Waals surface area contributed by atoms with Crippen LogP contribution in [0.15, 0.2) is 16.6 Å². The maximum absolute atomic E-state index is 12.0. The summed E-state index contributed by atoms with van der Waals surface area (Å²) in [5.41, 5.74) is 2.45. The van der Waals surface area contributed by atoms with Gasteiger partial charge in [-0.15, -0.1) is 0 Å². The van der Waals surface area contributed by atoms with Gasteiger partial charge < -0.3 is 10.1 Å². The first kappa shape index (κ1) is 14.1. The molecule has 0 aliphatic carbocycles. The molecule has 1 atom stereocenters. The first-order valence-electron chi connectivity index (χ1n) is 6.18. The van der Waals surface area contributed by atoms with Crippen LogP contribution in [-0.4, -0.2) is 25.0 Å². The van der Waals surface area contributed by atoms with Crippen LogP contribution in [0.1, 0.15) is 27.9 Å². The van der Waals surface area contributed by atoms with Gasteiger partial charge in [-0.05, 0) is 37.1 Å². The van der Waals surface area contributed by atoms with E-state index in [4.69, 9.17) is 4.74 Å². The van der Waals surface area contributed by atoms with E-state index in [0.29, 0.717) is 18.5 Å². The Hall–Kier alpha value is -1.36. The summed E-state index contributed by atoms with van der Waals surface area (Å²) in [4.78, 5) is 23.1. The highest BCUT2D eigenvalue weighted by Crippen LogP contribution is 2.22. The average molecular weight is 326 g/mol. The summed E-state index contributed by atoms with van der Waals surface area (Å²) in [6.45, 7) is 4.68. The molecule has 0 spiro atoms. The van der Waals surface area contributed by atoms with Crippen molar-refractivity contribution in [3.8, 4) is 0 Å². The van der Waals surface area contributed by atoms with Gasteiger partial charge in [-0.3, -0.25) is 4.79 Å². The molecule has 0 radical (unpaired) electrons. The number of aryl methyl sites for hydroxylation is 2. The molecule has 4 nitrogen and oxygen atoms in total. The fraction of sp³-hybridized carbons (Fsp3) is 0.429. The molecule has 1 heterocycles. The predicted octanol–water partition coefficient (Wildman–Crippen LogP) is 2.36. The van der Waals surface area contributed by atoms with Gasteiger partial charge in [0, 0.05) is 23.4 Å². The Bertz CT molecular complexity index is 528. The van der Waals surface area contributed by atoms with Crippen LogP contribution in [-0.2, 0) is 9.53 Å². The van der Waals surface area contributed by atoms with Crippen LogP contribution in [0, 0.1) is 19.8 Å². The van der Waals surface area contributed by atoms with E-state index in [2.05, 4.69) is 21.2 Å². The van der Waals surface area contributed by atoms with Gasteiger partial charge in [-0.25, -0.2) is 4.79 Å². The number of carbonyl (C=O) groups excluding carboxylic acids is 2. The predicted molar refractivity (Wildman–Crippen MR) is 75.0 cm³/mol. The zero-order valence-electron chi connectivity index (χ0n) is 11.0. The minimum absolute atomic E-state index is 0.0247. The number of ether oxygens (including phenoxy) is 1. The molecular weight excluding hydrogens is 310 g/mol. The molecule has 1 amide bonds. The van der Waals surface area contributed by atoms with Gasteiger partial charge in [0.25, 0.3) is 0 Å². The normalized spacial score (nSPS) is 18.3. The van der Waals surface area contributed by atoms with Gasteiger partial charge in [0.2, 0.25) is 5.91 Å². The van der Waals surface area contributed by atoms with Gasteiger partial charge in [0.05, 0.1) is 12.2 Å². The zero-order chi connectivity index (χ0) is 14.0. The Morgan fingerprint density at radius 3 is 2.79 bits per heavy atom. The third kappa shape index (κ3) is 3.35. The number of carbonyl (C=O) groups is 2. The second-order valence-corrected chi connectivity index (χ2v) is 5.74. The first-order valence-corrected chi connectivity index (χ1v) is 6.97. The van der Waals surface area contributed by atoms with E-state index in [1.54, 1.807) is 0 Å². The molecule has 0 bridgehead atoms. The Morgan fingerprint density at radius 2 is 2.16 bits per heavy atom. The quantitative estimate of drug-likeness (QED) is 0.868. The van der Waals surface area contributed by atoms with Crippen LogP contribution in [0.4, 0.5) is 0 Å². The summed E-state index contributed by atoms with van der Waals surface area (Å²) >= 11 is 3.43. The van der Waals surface area contributed by atoms with Crippen molar-refractivity contribution in [1.29, 1.82) is 0 Å². The van der Waals surface area contributed by atoms with E-state index in [1.807, 2.05) is 26.0 Å². The molecule has 1 aliphatic rings. The Labute approximate surface area is 120 Å². The fourth-order valence-electron chi connectivity index (χ4n) is 2.05. The number of benzene rings is 1. The monoisotopic (exact) mass is 325 g/mol. The average Bonchev–Trinajstić information content (AvgIpc) is 2.77. The highest BCUT2D eigenvalue weighted by atomic mass is 79.9. The highest BCUT2D eigenvalue weighted by molar-refractivity contribution is 9.10. The van der Waals surface area contributed by atoms with Gasteiger partial charge in [0.15, 0.2) is 0 Å². The van der Waals surface area contributed by atoms with Crippen molar-refractivity contribution < 1.29 is 14.3 Å². The number of amides is 1. The molecular formula is C14H16BrNO3. The largest absolute Gasteiger partial charge is 0.462 e. The Balaban J connectivity index is 2.00. The molecule has 1 saturated heterocycles. The number of hydrogen-bond acceptors (Lipinski definition) is 3. The number of nitrogens with one attached hydrogen (secondary N) is 1. The first-order chi connectivity index (χ1) is 8.97. The lowest BCUT2D eigenvalue weighted by Gasteiger charge is -2.11. The number of rotatable bonds is 3. The SMILES string of the molecule is Cc1cc(C(=O)OC[C@@H]2CNC(=O)C2)c(C)cc1Br. The van der Waals surface area contributed by atoms with E-state index in [1.165, 1.54) is 0 Å². The third-order valence-electron chi connectivity index (χ3n) is 3.24. The standard InChI is InChI=1S/C14H16BrNO3/c1-8-4-12(15)9(2)3-11(8)14(18)19-7-10-5-13(17)16-6-10/h3-4,10H,5-7H2,1-2H3,(H,16,17)/t10-/m0/s1. The van der Waals surface area contributed by atoms with Gasteiger partial charge in [-0.2, -0.15) is 0 Å². The van der Waals surface area contributed by atoms with Crippen molar-refractivity contribution in [2.75, 3.05) is 13.2 Å². The summed E-state index contributed by atoms with van der Waals surface area (Å²) in [7, 11) is 0. The molecule has 1 aromatic rings. The third-order valence-corrected chi connectivity index (χ3v) is 4.09. The lowest BCUT2D eigenvalue weighted by atomic mass is 10.1. The molecule has 19 heavy (non-hydrogen) atoms. The van der Waals surface area contributed by atoms with E-state index in [9.17, 15) is 9.59 Å². The number of hydrogen-bond donors (Lipinski definition) is 1. The zero-order valence-corrected chi connectivity index (χ0v) is 12.5. The second-order valence-electron chi connectivity index (χ2n) is 4.89.